The fourth-order valence-electron chi connectivity index (χ4n) is 2.20. The van der Waals surface area contributed by atoms with E-state index in [-0.39, 0.29) is 0 Å². The van der Waals surface area contributed by atoms with Gasteiger partial charge in [-0.15, -0.1) is 0 Å². The third-order valence-electron chi connectivity index (χ3n) is 3.41. The zero-order valence-electron chi connectivity index (χ0n) is 10.4. The summed E-state index contributed by atoms with van der Waals surface area (Å²) >= 11 is 0. The first kappa shape index (κ1) is 12.3. The molecule has 0 spiro atoms. The normalized spacial score (nSPS) is 18.2. The molecule has 2 rings (SSSR count). The quantitative estimate of drug-likeness (QED) is 0.775. The van der Waals surface area contributed by atoms with Crippen molar-refractivity contribution in [1.82, 2.24) is 10.2 Å². The number of likely N-dealkylation sites (tertiary alicyclic amines) is 1. The molecule has 1 aromatic rings. The minimum atomic E-state index is 0.579. The van der Waals surface area contributed by atoms with Crippen LogP contribution in [0.3, 0.4) is 0 Å². The van der Waals surface area contributed by atoms with E-state index in [2.05, 4.69) is 17.3 Å². The summed E-state index contributed by atoms with van der Waals surface area (Å²) < 4.78 is 0. The highest BCUT2D eigenvalue weighted by atomic mass is 15.1. The molecule has 1 fully saturated rings. The summed E-state index contributed by atoms with van der Waals surface area (Å²) in [4.78, 5) is 2.36. The smallest absolute Gasteiger partial charge is 0.0524 e. The second kappa shape index (κ2) is 5.94. The summed E-state index contributed by atoms with van der Waals surface area (Å²) in [5, 5.41) is 11.5. The summed E-state index contributed by atoms with van der Waals surface area (Å²) in [5.74, 6) is 0. The van der Waals surface area contributed by atoms with Crippen LogP contribution in [0, 0.1) is 5.41 Å². The van der Waals surface area contributed by atoms with Gasteiger partial charge in [0.25, 0.3) is 0 Å². The van der Waals surface area contributed by atoms with Crippen LogP contribution in [0.25, 0.3) is 0 Å². The van der Waals surface area contributed by atoms with Crippen molar-refractivity contribution in [2.24, 2.45) is 0 Å². The third-order valence-corrected chi connectivity index (χ3v) is 3.41. The molecule has 0 aromatic heterocycles. The van der Waals surface area contributed by atoms with E-state index in [9.17, 15) is 0 Å². The van der Waals surface area contributed by atoms with Gasteiger partial charge in [0.15, 0.2) is 0 Å². The lowest BCUT2D eigenvalue weighted by Crippen LogP contribution is -2.42. The van der Waals surface area contributed by atoms with Crippen molar-refractivity contribution < 1.29 is 0 Å². The van der Waals surface area contributed by atoms with Crippen LogP contribution < -0.4 is 5.32 Å². The first-order valence-electron chi connectivity index (χ1n) is 6.30. The van der Waals surface area contributed by atoms with E-state index in [1.807, 2.05) is 30.3 Å². The second-order valence-corrected chi connectivity index (χ2v) is 4.80. The Morgan fingerprint density at radius 1 is 1.29 bits per heavy atom. The molecule has 0 unspecified atom stereocenters. The number of hydrogen-bond donors (Lipinski definition) is 2. The van der Waals surface area contributed by atoms with Crippen LogP contribution in [-0.4, -0.2) is 43.3 Å². The topological polar surface area (TPSA) is 39.1 Å². The molecule has 1 saturated heterocycles. The average Bonchev–Trinajstić information content (AvgIpc) is 2.39. The van der Waals surface area contributed by atoms with Crippen LogP contribution in [0.1, 0.15) is 18.4 Å². The van der Waals surface area contributed by atoms with Crippen molar-refractivity contribution in [2.45, 2.75) is 18.9 Å². The van der Waals surface area contributed by atoms with Crippen LogP contribution in [0.15, 0.2) is 30.3 Å². The maximum atomic E-state index is 8.02. The van der Waals surface area contributed by atoms with Crippen LogP contribution in [-0.2, 0) is 0 Å². The van der Waals surface area contributed by atoms with Crippen LogP contribution in [0.5, 0.6) is 0 Å². The van der Waals surface area contributed by atoms with Crippen LogP contribution in [0.2, 0.25) is 0 Å². The molecule has 3 heteroatoms. The molecule has 3 nitrogen and oxygen atoms in total. The van der Waals surface area contributed by atoms with Gasteiger partial charge in [-0.3, -0.25) is 0 Å². The molecule has 0 atom stereocenters. The van der Waals surface area contributed by atoms with Crippen molar-refractivity contribution in [3.05, 3.63) is 35.9 Å². The fourth-order valence-corrected chi connectivity index (χ4v) is 2.20. The number of hydrogen-bond acceptors (Lipinski definition) is 3. The van der Waals surface area contributed by atoms with E-state index < -0.39 is 0 Å². The van der Waals surface area contributed by atoms with E-state index in [0.717, 1.165) is 18.7 Å². The highest BCUT2D eigenvalue weighted by Crippen LogP contribution is 2.08. The maximum Gasteiger partial charge on any atom is 0.0524 e. The predicted octanol–water partition coefficient (Wildman–Crippen LogP) is 1.74. The largest absolute Gasteiger partial charge is 0.308 e. The van der Waals surface area contributed by atoms with Gasteiger partial charge < -0.3 is 15.6 Å². The van der Waals surface area contributed by atoms with Crippen molar-refractivity contribution in [2.75, 3.05) is 26.7 Å². The van der Waals surface area contributed by atoms with Crippen LogP contribution >= 0.6 is 0 Å². The highest BCUT2D eigenvalue weighted by molar-refractivity contribution is 5.99. The lowest BCUT2D eigenvalue weighted by atomic mass is 10.0. The molecule has 0 aliphatic carbocycles. The van der Waals surface area contributed by atoms with Gasteiger partial charge in [0, 0.05) is 12.6 Å². The molecule has 1 aliphatic heterocycles. The number of nitrogens with one attached hydrogen (secondary N) is 2. The van der Waals surface area contributed by atoms with Crippen molar-refractivity contribution in [3.8, 4) is 0 Å². The average molecular weight is 231 g/mol. The summed E-state index contributed by atoms with van der Waals surface area (Å²) in [6.45, 7) is 3.01. The van der Waals surface area contributed by atoms with Gasteiger partial charge >= 0.3 is 0 Å². The lowest BCUT2D eigenvalue weighted by Gasteiger charge is -2.29. The van der Waals surface area contributed by atoms with Crippen molar-refractivity contribution in [3.63, 3.8) is 0 Å². The molecule has 0 bridgehead atoms. The Balaban J connectivity index is 1.77. The Labute approximate surface area is 103 Å². The van der Waals surface area contributed by atoms with Gasteiger partial charge in [-0.25, -0.2) is 0 Å². The summed E-state index contributed by atoms with van der Waals surface area (Å²) in [5.41, 5.74) is 1.71. The number of piperidine rings is 1. The fraction of sp³-hybridized carbons (Fsp3) is 0.500. The first-order chi connectivity index (χ1) is 8.25. The molecular weight excluding hydrogens is 210 g/mol. The third kappa shape index (κ3) is 3.65. The van der Waals surface area contributed by atoms with Gasteiger partial charge in [0.2, 0.25) is 0 Å². The van der Waals surface area contributed by atoms with Gasteiger partial charge in [-0.05, 0) is 38.5 Å². The lowest BCUT2D eigenvalue weighted by molar-refractivity contribution is 0.238. The van der Waals surface area contributed by atoms with E-state index in [4.69, 9.17) is 5.41 Å². The van der Waals surface area contributed by atoms with E-state index >= 15 is 0 Å². The minimum Gasteiger partial charge on any atom is -0.308 e. The Kier molecular flexibility index (Phi) is 4.29. The van der Waals surface area contributed by atoms with Gasteiger partial charge in [-0.2, -0.15) is 0 Å². The minimum absolute atomic E-state index is 0.579. The van der Waals surface area contributed by atoms with Gasteiger partial charge in [0.1, 0.15) is 0 Å². The van der Waals surface area contributed by atoms with E-state index in [0.29, 0.717) is 18.3 Å². The Hall–Kier alpha value is -1.19. The first-order valence-corrected chi connectivity index (χ1v) is 6.30. The zero-order chi connectivity index (χ0) is 12.1. The second-order valence-electron chi connectivity index (χ2n) is 4.80. The maximum absolute atomic E-state index is 8.02. The molecule has 92 valence electrons. The molecule has 17 heavy (non-hydrogen) atoms. The van der Waals surface area contributed by atoms with Gasteiger partial charge in [0.05, 0.1) is 5.71 Å². The molecule has 0 amide bonds. The molecule has 0 saturated carbocycles. The van der Waals surface area contributed by atoms with Gasteiger partial charge in [-0.1, -0.05) is 30.3 Å². The highest BCUT2D eigenvalue weighted by Gasteiger charge is 2.16. The standard InChI is InChI=1S/C14H21N3/c1-17-9-7-13(8-10-17)16-11-14(15)12-5-3-2-4-6-12/h2-6,13,15-16H,7-11H2,1H3. The van der Waals surface area contributed by atoms with Crippen LogP contribution in [0.4, 0.5) is 0 Å². The predicted molar refractivity (Wildman–Crippen MR) is 71.8 cm³/mol. The molecule has 1 aliphatic rings. The van der Waals surface area contributed by atoms with E-state index in [1.165, 1.54) is 12.8 Å². The summed E-state index contributed by atoms with van der Waals surface area (Å²) in [6.07, 6.45) is 2.39. The summed E-state index contributed by atoms with van der Waals surface area (Å²) in [6, 6.07) is 10.5. The Morgan fingerprint density at radius 2 is 1.94 bits per heavy atom. The molecule has 2 N–H and O–H groups in total. The number of benzene rings is 1. The zero-order valence-corrected chi connectivity index (χ0v) is 10.4. The molecule has 1 aromatic carbocycles. The monoisotopic (exact) mass is 231 g/mol. The SMILES string of the molecule is CN1CCC(NCC(=N)c2ccccc2)CC1. The number of rotatable bonds is 4. The molecular formula is C14H21N3. The van der Waals surface area contributed by atoms with E-state index in [1.54, 1.807) is 0 Å². The molecule has 1 heterocycles. The Morgan fingerprint density at radius 3 is 2.59 bits per heavy atom. The van der Waals surface area contributed by atoms with Crippen molar-refractivity contribution in [1.29, 1.82) is 5.41 Å². The van der Waals surface area contributed by atoms with Crippen molar-refractivity contribution >= 4 is 5.71 Å². The summed E-state index contributed by atoms with van der Waals surface area (Å²) in [7, 11) is 2.17. The number of nitrogens with zero attached hydrogens (tertiary/aromatic N) is 1. The molecule has 0 radical (unpaired) electrons. The Bertz CT molecular complexity index is 353.